The molecule has 2 aliphatic rings. The van der Waals surface area contributed by atoms with E-state index in [0.717, 1.165) is 11.3 Å². The van der Waals surface area contributed by atoms with Crippen LogP contribution in [0.5, 0.6) is 0 Å². The lowest BCUT2D eigenvalue weighted by molar-refractivity contribution is -0.115. The molecule has 0 radical (unpaired) electrons. The van der Waals surface area contributed by atoms with Gasteiger partial charge in [-0.15, -0.1) is 0 Å². The summed E-state index contributed by atoms with van der Waals surface area (Å²) in [6, 6.07) is 5.42. The molecule has 2 unspecified atom stereocenters. The number of hydrogen-bond acceptors (Lipinski definition) is 3. The third kappa shape index (κ3) is 2.41. The molecule has 0 saturated carbocycles. The van der Waals surface area contributed by atoms with Crippen LogP contribution < -0.4 is 5.32 Å². The average Bonchev–Trinajstić information content (AvgIpc) is 2.75. The van der Waals surface area contributed by atoms with Gasteiger partial charge in [0.25, 0.3) is 5.91 Å². The van der Waals surface area contributed by atoms with Crippen molar-refractivity contribution in [2.24, 2.45) is 0 Å². The van der Waals surface area contributed by atoms with Gasteiger partial charge in [-0.2, -0.15) is 0 Å². The van der Waals surface area contributed by atoms with Crippen LogP contribution in [0, 0.1) is 0 Å². The summed E-state index contributed by atoms with van der Waals surface area (Å²) in [6.07, 6.45) is 0.503. The second kappa shape index (κ2) is 4.90. The zero-order chi connectivity index (χ0) is 14.3. The second-order valence-corrected chi connectivity index (χ2v) is 5.56. The summed E-state index contributed by atoms with van der Waals surface area (Å²) in [7, 11) is 0. The van der Waals surface area contributed by atoms with Gasteiger partial charge in [-0.25, -0.2) is 0 Å². The lowest BCUT2D eigenvalue weighted by Gasteiger charge is -2.35. The van der Waals surface area contributed by atoms with Crippen LogP contribution in [-0.4, -0.2) is 42.0 Å². The first kappa shape index (κ1) is 13.1. The number of hydrogen-bond donors (Lipinski definition) is 1. The number of morpholine rings is 1. The van der Waals surface area contributed by atoms with E-state index in [0.29, 0.717) is 25.1 Å². The molecule has 0 spiro atoms. The standard InChI is InChI=1S/C15H18N2O3/c1-9-7-17(8-10(2)20-9)15(19)12-4-3-11-6-14(18)16-13(11)5-12/h3-5,9-10H,6-8H2,1-2H3,(H,16,18). The Labute approximate surface area is 117 Å². The molecule has 3 rings (SSSR count). The number of amides is 2. The molecule has 1 fully saturated rings. The number of anilines is 1. The van der Waals surface area contributed by atoms with E-state index in [1.807, 2.05) is 24.8 Å². The molecule has 0 aliphatic carbocycles. The maximum Gasteiger partial charge on any atom is 0.254 e. The van der Waals surface area contributed by atoms with Gasteiger partial charge < -0.3 is 15.0 Å². The quantitative estimate of drug-likeness (QED) is 0.843. The lowest BCUT2D eigenvalue weighted by Crippen LogP contribution is -2.48. The zero-order valence-corrected chi connectivity index (χ0v) is 11.7. The summed E-state index contributed by atoms with van der Waals surface area (Å²) in [5, 5.41) is 2.78. The van der Waals surface area contributed by atoms with Gasteiger partial charge >= 0.3 is 0 Å². The molecule has 2 heterocycles. The maximum atomic E-state index is 12.5. The molecule has 2 amide bonds. The highest BCUT2D eigenvalue weighted by atomic mass is 16.5. The van der Waals surface area contributed by atoms with E-state index < -0.39 is 0 Å². The Hall–Kier alpha value is -1.88. The van der Waals surface area contributed by atoms with Crippen molar-refractivity contribution in [1.29, 1.82) is 0 Å². The smallest absolute Gasteiger partial charge is 0.254 e. The fraction of sp³-hybridized carbons (Fsp3) is 0.467. The van der Waals surface area contributed by atoms with Crippen molar-refractivity contribution >= 4 is 17.5 Å². The first-order chi connectivity index (χ1) is 9.52. The Morgan fingerprint density at radius 2 is 2.00 bits per heavy atom. The minimum atomic E-state index is -0.0155. The van der Waals surface area contributed by atoms with Gasteiger partial charge in [0.1, 0.15) is 0 Å². The normalized spacial score (nSPS) is 25.3. The topological polar surface area (TPSA) is 58.6 Å². The molecular weight excluding hydrogens is 256 g/mol. The van der Waals surface area contributed by atoms with Crippen LogP contribution in [0.2, 0.25) is 0 Å². The van der Waals surface area contributed by atoms with Crippen LogP contribution >= 0.6 is 0 Å². The molecule has 5 nitrogen and oxygen atoms in total. The van der Waals surface area contributed by atoms with Crippen molar-refractivity contribution in [2.75, 3.05) is 18.4 Å². The molecule has 5 heteroatoms. The van der Waals surface area contributed by atoms with Gasteiger partial charge in [-0.05, 0) is 31.5 Å². The van der Waals surface area contributed by atoms with E-state index in [4.69, 9.17) is 4.74 Å². The molecular formula is C15H18N2O3. The summed E-state index contributed by atoms with van der Waals surface area (Å²) in [5.41, 5.74) is 2.33. The molecule has 2 atom stereocenters. The molecule has 1 aromatic rings. The number of nitrogens with one attached hydrogen (secondary N) is 1. The van der Waals surface area contributed by atoms with Crippen LogP contribution in [0.4, 0.5) is 5.69 Å². The molecule has 1 N–H and O–H groups in total. The Morgan fingerprint density at radius 3 is 2.70 bits per heavy atom. The molecule has 2 aliphatic heterocycles. The minimum Gasteiger partial charge on any atom is -0.372 e. The SMILES string of the molecule is CC1CN(C(=O)c2ccc3c(c2)NC(=O)C3)CC(C)O1. The number of nitrogens with zero attached hydrogens (tertiary/aromatic N) is 1. The van der Waals surface area contributed by atoms with Gasteiger partial charge in [0.15, 0.2) is 0 Å². The second-order valence-electron chi connectivity index (χ2n) is 5.56. The van der Waals surface area contributed by atoms with Gasteiger partial charge in [0, 0.05) is 24.3 Å². The average molecular weight is 274 g/mol. The minimum absolute atomic E-state index is 0.00375. The highest BCUT2D eigenvalue weighted by Crippen LogP contribution is 2.25. The molecule has 0 aromatic heterocycles. The largest absolute Gasteiger partial charge is 0.372 e. The van der Waals surface area contributed by atoms with Gasteiger partial charge in [-0.3, -0.25) is 9.59 Å². The highest BCUT2D eigenvalue weighted by Gasteiger charge is 2.27. The van der Waals surface area contributed by atoms with Crippen molar-refractivity contribution in [3.8, 4) is 0 Å². The number of rotatable bonds is 1. The summed E-state index contributed by atoms with van der Waals surface area (Å²) < 4.78 is 5.64. The number of fused-ring (bicyclic) bond motifs is 1. The Bertz CT molecular complexity index is 560. The number of ether oxygens (including phenoxy) is 1. The van der Waals surface area contributed by atoms with Crippen molar-refractivity contribution in [1.82, 2.24) is 4.90 Å². The third-order valence-corrected chi connectivity index (χ3v) is 3.69. The van der Waals surface area contributed by atoms with Crippen LogP contribution in [0.25, 0.3) is 0 Å². The van der Waals surface area contributed by atoms with Gasteiger partial charge in [-0.1, -0.05) is 6.07 Å². The van der Waals surface area contributed by atoms with E-state index in [9.17, 15) is 9.59 Å². The van der Waals surface area contributed by atoms with Gasteiger partial charge in [0.2, 0.25) is 5.91 Å². The lowest BCUT2D eigenvalue weighted by atomic mass is 10.1. The predicted octanol–water partition coefficient (Wildman–Crippen LogP) is 1.43. The number of carbonyl (C=O) groups is 2. The first-order valence-corrected chi connectivity index (χ1v) is 6.90. The number of carbonyl (C=O) groups excluding carboxylic acids is 2. The van der Waals surface area contributed by atoms with E-state index in [-0.39, 0.29) is 24.0 Å². The molecule has 1 saturated heterocycles. The Morgan fingerprint density at radius 1 is 1.30 bits per heavy atom. The summed E-state index contributed by atoms with van der Waals surface area (Å²) in [6.45, 7) is 5.15. The zero-order valence-electron chi connectivity index (χ0n) is 11.7. The monoisotopic (exact) mass is 274 g/mol. The van der Waals surface area contributed by atoms with Crippen molar-refractivity contribution in [3.63, 3.8) is 0 Å². The summed E-state index contributed by atoms with van der Waals surface area (Å²) >= 11 is 0. The van der Waals surface area contributed by atoms with E-state index in [1.54, 1.807) is 12.1 Å². The van der Waals surface area contributed by atoms with Gasteiger partial charge in [0.05, 0.1) is 18.6 Å². The van der Waals surface area contributed by atoms with Crippen LogP contribution in [0.3, 0.4) is 0 Å². The predicted molar refractivity (Wildman–Crippen MR) is 74.7 cm³/mol. The van der Waals surface area contributed by atoms with E-state index >= 15 is 0 Å². The first-order valence-electron chi connectivity index (χ1n) is 6.90. The maximum absolute atomic E-state index is 12.5. The van der Waals surface area contributed by atoms with E-state index in [1.165, 1.54) is 0 Å². The summed E-state index contributed by atoms with van der Waals surface area (Å²) in [4.78, 5) is 25.7. The van der Waals surface area contributed by atoms with Crippen LogP contribution in [0.1, 0.15) is 29.8 Å². The number of benzene rings is 1. The van der Waals surface area contributed by atoms with E-state index in [2.05, 4.69) is 5.32 Å². The highest BCUT2D eigenvalue weighted by molar-refractivity contribution is 6.02. The molecule has 1 aromatic carbocycles. The fourth-order valence-corrected chi connectivity index (χ4v) is 2.87. The van der Waals surface area contributed by atoms with Crippen molar-refractivity contribution < 1.29 is 14.3 Å². The van der Waals surface area contributed by atoms with Crippen LogP contribution in [0.15, 0.2) is 18.2 Å². The molecule has 0 bridgehead atoms. The molecule has 20 heavy (non-hydrogen) atoms. The Balaban J connectivity index is 1.81. The third-order valence-electron chi connectivity index (χ3n) is 3.69. The Kier molecular flexibility index (Phi) is 3.22. The summed E-state index contributed by atoms with van der Waals surface area (Å²) in [5.74, 6) is -0.0193. The molecule has 106 valence electrons. The van der Waals surface area contributed by atoms with Crippen molar-refractivity contribution in [3.05, 3.63) is 29.3 Å². The van der Waals surface area contributed by atoms with Crippen molar-refractivity contribution in [2.45, 2.75) is 32.5 Å². The van der Waals surface area contributed by atoms with Crippen LogP contribution in [-0.2, 0) is 16.0 Å². The fourth-order valence-electron chi connectivity index (χ4n) is 2.87.